The van der Waals surface area contributed by atoms with Gasteiger partial charge in [-0.3, -0.25) is 4.79 Å². The van der Waals surface area contributed by atoms with Gasteiger partial charge in [-0.25, -0.2) is 14.2 Å². The fourth-order valence-corrected chi connectivity index (χ4v) is 7.37. The highest BCUT2D eigenvalue weighted by atomic mass is 32.2. The molecule has 1 unspecified atom stereocenters. The van der Waals surface area contributed by atoms with E-state index in [9.17, 15) is 18.0 Å². The smallest absolute Gasteiger partial charge is 0.347 e. The van der Waals surface area contributed by atoms with Crippen LogP contribution in [0.4, 0.5) is 11.4 Å². The van der Waals surface area contributed by atoms with Gasteiger partial charge in [0.15, 0.2) is 0 Å². The molecule has 2 N–H and O–H groups in total. The first kappa shape index (κ1) is 29.5. The van der Waals surface area contributed by atoms with Crippen molar-refractivity contribution >= 4 is 44.2 Å². The van der Waals surface area contributed by atoms with Gasteiger partial charge in [0.1, 0.15) is 28.2 Å². The summed E-state index contributed by atoms with van der Waals surface area (Å²) in [6, 6.07) is 19.4. The van der Waals surface area contributed by atoms with Gasteiger partial charge in [0.25, 0.3) is 5.91 Å². The van der Waals surface area contributed by atoms with E-state index < -0.39 is 27.3 Å². The first-order valence-corrected chi connectivity index (χ1v) is 16.2. The summed E-state index contributed by atoms with van der Waals surface area (Å²) in [5, 5.41) is 6.41. The highest BCUT2D eigenvalue weighted by molar-refractivity contribution is 7.87. The van der Waals surface area contributed by atoms with Crippen molar-refractivity contribution in [3.63, 3.8) is 0 Å². The van der Waals surface area contributed by atoms with E-state index in [-0.39, 0.29) is 16.9 Å². The molecule has 44 heavy (non-hydrogen) atoms. The maximum atomic E-state index is 13.7. The summed E-state index contributed by atoms with van der Waals surface area (Å²) in [5.41, 5.74) is 0.867. The van der Waals surface area contributed by atoms with Crippen LogP contribution < -0.4 is 25.3 Å². The SMILES string of the molecule is CCN(CC)c1ccc2c(c1)OC(c1cc3ccc(N(CC)CC)cc3oc1=O)=CC21c2ccccc2C(=O)N1S(N)(=O)=O. The van der Waals surface area contributed by atoms with Crippen LogP contribution >= 0.6 is 0 Å². The molecular weight excluding hydrogens is 580 g/mol. The summed E-state index contributed by atoms with van der Waals surface area (Å²) in [4.78, 5) is 31.6. The number of carbonyl (C=O) groups excluding carboxylic acids is 1. The summed E-state index contributed by atoms with van der Waals surface area (Å²) in [7, 11) is -4.61. The molecule has 0 saturated heterocycles. The van der Waals surface area contributed by atoms with E-state index in [1.807, 2.05) is 38.1 Å². The Morgan fingerprint density at radius 1 is 0.795 bits per heavy atom. The van der Waals surface area contributed by atoms with E-state index in [1.165, 1.54) is 6.08 Å². The summed E-state index contributed by atoms with van der Waals surface area (Å²) < 4.78 is 39.3. The average molecular weight is 615 g/mol. The van der Waals surface area contributed by atoms with Crippen LogP contribution in [0.1, 0.15) is 54.7 Å². The van der Waals surface area contributed by atoms with Gasteiger partial charge in [-0.15, -0.1) is 0 Å². The van der Waals surface area contributed by atoms with Crippen molar-refractivity contribution in [3.05, 3.63) is 105 Å². The number of amides is 1. The summed E-state index contributed by atoms with van der Waals surface area (Å²) >= 11 is 0. The molecule has 1 aromatic heterocycles. The Bertz CT molecular complexity index is 2000. The molecule has 1 atom stereocenters. The number of anilines is 2. The standard InChI is InChI=1S/C33H34N4O6S/c1-5-35(6-2)22-14-13-21-17-25(32(39)43-28(21)18-22)30-20-33(27-16-15-23(19-29(27)42-30)36(7-3)8-4)26-12-10-9-11-24(26)31(38)37(33)44(34,40)41/h9-20H,5-8H2,1-4H3,(H2,34,40,41). The molecule has 2 aliphatic rings. The molecule has 0 aliphatic carbocycles. The first-order valence-electron chi connectivity index (χ1n) is 14.7. The Morgan fingerprint density at radius 3 is 2.09 bits per heavy atom. The minimum absolute atomic E-state index is 0.0517. The number of fused-ring (bicyclic) bond motifs is 5. The van der Waals surface area contributed by atoms with Crippen LogP contribution in [0.15, 0.2) is 82.0 Å². The Balaban J connectivity index is 1.63. The maximum Gasteiger partial charge on any atom is 0.347 e. The van der Waals surface area contributed by atoms with Crippen LogP contribution in [0.25, 0.3) is 16.7 Å². The van der Waals surface area contributed by atoms with Crippen molar-refractivity contribution in [1.82, 2.24) is 4.31 Å². The number of carbonyl (C=O) groups is 1. The lowest BCUT2D eigenvalue weighted by Gasteiger charge is -2.39. The van der Waals surface area contributed by atoms with Gasteiger partial charge in [-0.1, -0.05) is 24.3 Å². The topological polar surface area (TPSA) is 126 Å². The Morgan fingerprint density at radius 2 is 1.43 bits per heavy atom. The molecule has 0 fully saturated rings. The third kappa shape index (κ3) is 4.46. The van der Waals surface area contributed by atoms with E-state index in [1.54, 1.807) is 42.5 Å². The number of nitrogens with two attached hydrogens (primary N) is 1. The molecule has 1 amide bonds. The molecule has 1 spiro atoms. The third-order valence-corrected chi connectivity index (χ3v) is 9.47. The molecule has 11 heteroatoms. The highest BCUT2D eigenvalue weighted by Crippen LogP contribution is 2.53. The minimum Gasteiger partial charge on any atom is -0.456 e. The average Bonchev–Trinajstić information content (AvgIpc) is 3.26. The zero-order chi connectivity index (χ0) is 31.4. The highest BCUT2D eigenvalue weighted by Gasteiger charge is 2.57. The molecule has 10 nitrogen and oxygen atoms in total. The number of hydrogen-bond acceptors (Lipinski definition) is 8. The van der Waals surface area contributed by atoms with Crippen molar-refractivity contribution in [2.45, 2.75) is 33.2 Å². The molecule has 3 aromatic carbocycles. The van der Waals surface area contributed by atoms with Crippen molar-refractivity contribution in [2.24, 2.45) is 5.14 Å². The van der Waals surface area contributed by atoms with E-state index in [2.05, 4.69) is 23.6 Å². The normalized spacial score (nSPS) is 17.3. The number of benzene rings is 3. The van der Waals surface area contributed by atoms with Crippen LogP contribution in [-0.2, 0) is 15.7 Å². The molecular formula is C33H34N4O6S. The van der Waals surface area contributed by atoms with E-state index >= 15 is 0 Å². The second-order valence-corrected chi connectivity index (χ2v) is 12.1. The molecule has 2 aliphatic heterocycles. The summed E-state index contributed by atoms with van der Waals surface area (Å²) in [5.74, 6) is -0.425. The van der Waals surface area contributed by atoms with Gasteiger partial charge >= 0.3 is 15.8 Å². The molecule has 4 aromatic rings. The lowest BCUT2D eigenvalue weighted by Crippen LogP contribution is -2.51. The number of nitrogens with zero attached hydrogens (tertiary/aromatic N) is 3. The van der Waals surface area contributed by atoms with Crippen LogP contribution in [0.3, 0.4) is 0 Å². The fraction of sp³-hybridized carbons (Fsp3) is 0.273. The Labute approximate surface area is 256 Å². The summed E-state index contributed by atoms with van der Waals surface area (Å²) in [6.45, 7) is 11.2. The molecule has 6 rings (SSSR count). The van der Waals surface area contributed by atoms with Gasteiger partial charge < -0.3 is 19.0 Å². The molecule has 0 bridgehead atoms. The van der Waals surface area contributed by atoms with Gasteiger partial charge in [-0.2, -0.15) is 8.42 Å². The predicted octanol–water partition coefficient (Wildman–Crippen LogP) is 4.82. The molecule has 0 radical (unpaired) electrons. The minimum atomic E-state index is -4.61. The van der Waals surface area contributed by atoms with Crippen LogP contribution in [0.2, 0.25) is 0 Å². The van der Waals surface area contributed by atoms with E-state index in [0.29, 0.717) is 32.2 Å². The van der Waals surface area contributed by atoms with Gasteiger partial charge in [0.05, 0.1) is 0 Å². The van der Waals surface area contributed by atoms with Crippen molar-refractivity contribution in [1.29, 1.82) is 0 Å². The number of hydrogen-bond donors (Lipinski definition) is 1. The fourth-order valence-electron chi connectivity index (χ4n) is 6.39. The Kier molecular flexibility index (Phi) is 7.25. The molecule has 3 heterocycles. The third-order valence-electron chi connectivity index (χ3n) is 8.51. The van der Waals surface area contributed by atoms with Crippen molar-refractivity contribution in [2.75, 3.05) is 36.0 Å². The summed E-state index contributed by atoms with van der Waals surface area (Å²) in [6.07, 6.45) is 1.49. The van der Waals surface area contributed by atoms with Gasteiger partial charge in [-0.05, 0) is 64.1 Å². The monoisotopic (exact) mass is 614 g/mol. The van der Waals surface area contributed by atoms with Crippen LogP contribution in [0, 0.1) is 0 Å². The first-order chi connectivity index (χ1) is 21.1. The van der Waals surface area contributed by atoms with Gasteiger partial charge in [0, 0.05) is 71.8 Å². The van der Waals surface area contributed by atoms with E-state index in [0.717, 1.165) is 37.6 Å². The maximum absolute atomic E-state index is 13.7. The predicted molar refractivity (Wildman–Crippen MR) is 171 cm³/mol. The second-order valence-electron chi connectivity index (χ2n) is 10.7. The van der Waals surface area contributed by atoms with E-state index in [4.69, 9.17) is 14.3 Å². The zero-order valence-corrected chi connectivity index (χ0v) is 25.8. The van der Waals surface area contributed by atoms with Gasteiger partial charge in [0.2, 0.25) is 0 Å². The van der Waals surface area contributed by atoms with Crippen LogP contribution in [-0.4, -0.2) is 44.8 Å². The lowest BCUT2D eigenvalue weighted by atomic mass is 9.80. The quantitative estimate of drug-likeness (QED) is 0.280. The second kappa shape index (κ2) is 10.8. The lowest BCUT2D eigenvalue weighted by molar-refractivity contribution is 0.0832. The molecule has 0 saturated carbocycles. The molecule has 228 valence electrons. The largest absolute Gasteiger partial charge is 0.456 e. The van der Waals surface area contributed by atoms with Crippen molar-refractivity contribution < 1.29 is 22.4 Å². The Hall–Kier alpha value is -4.61. The number of rotatable bonds is 8. The van der Waals surface area contributed by atoms with Crippen LogP contribution in [0.5, 0.6) is 5.75 Å². The van der Waals surface area contributed by atoms with Crippen molar-refractivity contribution in [3.8, 4) is 5.75 Å². The zero-order valence-electron chi connectivity index (χ0n) is 25.0. The number of ether oxygens (including phenoxy) is 1.